The van der Waals surface area contributed by atoms with E-state index in [0.29, 0.717) is 12.5 Å². The molecule has 1 atom stereocenters. The van der Waals surface area contributed by atoms with Gasteiger partial charge in [0.25, 0.3) is 0 Å². The summed E-state index contributed by atoms with van der Waals surface area (Å²) in [5.74, 6) is 0.285. The van der Waals surface area contributed by atoms with Crippen molar-refractivity contribution in [2.24, 2.45) is 0 Å². The SMILES string of the molecule is O=C(Nc1ncc[nH]1)C1CNc2ccccc21. The van der Waals surface area contributed by atoms with Crippen LogP contribution in [0.4, 0.5) is 11.6 Å². The molecule has 0 saturated heterocycles. The minimum atomic E-state index is -0.156. The van der Waals surface area contributed by atoms with Gasteiger partial charge in [0.1, 0.15) is 0 Å². The molecule has 1 aromatic heterocycles. The molecule has 3 rings (SSSR count). The molecule has 0 bridgehead atoms. The van der Waals surface area contributed by atoms with Crippen molar-refractivity contribution in [3.8, 4) is 0 Å². The second-order valence-corrected chi connectivity index (χ2v) is 3.95. The van der Waals surface area contributed by atoms with Crippen LogP contribution >= 0.6 is 0 Å². The van der Waals surface area contributed by atoms with E-state index in [1.165, 1.54) is 0 Å². The maximum absolute atomic E-state index is 12.1. The number of nitrogens with zero attached hydrogens (tertiary/aromatic N) is 1. The molecule has 3 N–H and O–H groups in total. The molecule has 0 radical (unpaired) electrons. The van der Waals surface area contributed by atoms with Crippen LogP contribution < -0.4 is 10.6 Å². The molecule has 2 aromatic rings. The van der Waals surface area contributed by atoms with Crippen LogP contribution in [0, 0.1) is 0 Å². The van der Waals surface area contributed by atoms with Crippen LogP contribution in [0.2, 0.25) is 0 Å². The van der Waals surface area contributed by atoms with E-state index < -0.39 is 0 Å². The molecule has 0 aliphatic carbocycles. The number of carbonyl (C=O) groups is 1. The first kappa shape index (κ1) is 9.89. The predicted octanol–water partition coefficient (Wildman–Crippen LogP) is 1.56. The average Bonchev–Trinajstić information content (AvgIpc) is 2.96. The summed E-state index contributed by atoms with van der Waals surface area (Å²) in [4.78, 5) is 18.9. The molecule has 86 valence electrons. The molecule has 1 aromatic carbocycles. The van der Waals surface area contributed by atoms with Gasteiger partial charge in [-0.2, -0.15) is 0 Å². The van der Waals surface area contributed by atoms with Gasteiger partial charge in [-0.15, -0.1) is 0 Å². The Bertz CT molecular complexity index is 535. The monoisotopic (exact) mass is 228 g/mol. The van der Waals surface area contributed by atoms with Crippen molar-refractivity contribution >= 4 is 17.5 Å². The summed E-state index contributed by atoms with van der Waals surface area (Å²) in [6.07, 6.45) is 3.28. The third-order valence-electron chi connectivity index (χ3n) is 2.89. The highest BCUT2D eigenvalue weighted by molar-refractivity contribution is 5.97. The maximum Gasteiger partial charge on any atom is 0.236 e. The van der Waals surface area contributed by atoms with Gasteiger partial charge >= 0.3 is 0 Å². The van der Waals surface area contributed by atoms with Gasteiger partial charge in [0.2, 0.25) is 11.9 Å². The van der Waals surface area contributed by atoms with Crippen LogP contribution in [0.5, 0.6) is 0 Å². The summed E-state index contributed by atoms with van der Waals surface area (Å²) < 4.78 is 0. The van der Waals surface area contributed by atoms with Gasteiger partial charge in [-0.25, -0.2) is 4.98 Å². The average molecular weight is 228 g/mol. The normalized spacial score (nSPS) is 17.3. The highest BCUT2D eigenvalue weighted by atomic mass is 16.2. The molecule has 1 unspecified atom stereocenters. The van der Waals surface area contributed by atoms with E-state index in [0.717, 1.165) is 11.3 Å². The van der Waals surface area contributed by atoms with Crippen molar-refractivity contribution in [3.63, 3.8) is 0 Å². The van der Waals surface area contributed by atoms with E-state index in [1.807, 2.05) is 24.3 Å². The largest absolute Gasteiger partial charge is 0.384 e. The quantitative estimate of drug-likeness (QED) is 0.730. The number of rotatable bonds is 2. The van der Waals surface area contributed by atoms with Crippen molar-refractivity contribution in [3.05, 3.63) is 42.2 Å². The highest BCUT2D eigenvalue weighted by Gasteiger charge is 2.28. The lowest BCUT2D eigenvalue weighted by Crippen LogP contribution is -2.23. The number of fused-ring (bicyclic) bond motifs is 1. The second-order valence-electron chi connectivity index (χ2n) is 3.95. The Morgan fingerprint density at radius 2 is 2.29 bits per heavy atom. The molecule has 1 aliphatic heterocycles. The number of imidazole rings is 1. The van der Waals surface area contributed by atoms with Gasteiger partial charge in [-0.05, 0) is 11.6 Å². The lowest BCUT2D eigenvalue weighted by molar-refractivity contribution is -0.117. The number of H-pyrrole nitrogens is 1. The highest BCUT2D eigenvalue weighted by Crippen LogP contribution is 2.31. The number of hydrogen-bond acceptors (Lipinski definition) is 3. The summed E-state index contributed by atoms with van der Waals surface area (Å²) in [6, 6.07) is 7.86. The second kappa shape index (κ2) is 3.93. The van der Waals surface area contributed by atoms with E-state index in [-0.39, 0.29) is 11.8 Å². The van der Waals surface area contributed by atoms with E-state index in [1.54, 1.807) is 12.4 Å². The lowest BCUT2D eigenvalue weighted by atomic mass is 10.0. The Morgan fingerprint density at radius 1 is 1.41 bits per heavy atom. The van der Waals surface area contributed by atoms with E-state index >= 15 is 0 Å². The zero-order chi connectivity index (χ0) is 11.7. The smallest absolute Gasteiger partial charge is 0.236 e. The molecular formula is C12H12N4O. The zero-order valence-electron chi connectivity index (χ0n) is 9.10. The van der Waals surface area contributed by atoms with Crippen LogP contribution in [0.25, 0.3) is 0 Å². The van der Waals surface area contributed by atoms with Gasteiger partial charge < -0.3 is 10.3 Å². The summed E-state index contributed by atoms with van der Waals surface area (Å²) >= 11 is 0. The fraction of sp³-hybridized carbons (Fsp3) is 0.167. The van der Waals surface area contributed by atoms with Crippen LogP contribution in [-0.4, -0.2) is 22.4 Å². The zero-order valence-corrected chi connectivity index (χ0v) is 9.10. The molecule has 0 spiro atoms. The van der Waals surface area contributed by atoms with Crippen molar-refractivity contribution in [2.75, 3.05) is 17.2 Å². The van der Waals surface area contributed by atoms with Gasteiger partial charge in [0, 0.05) is 24.6 Å². The first-order valence-corrected chi connectivity index (χ1v) is 5.47. The number of aromatic amines is 1. The van der Waals surface area contributed by atoms with Gasteiger partial charge in [0.05, 0.1) is 5.92 Å². The fourth-order valence-electron chi connectivity index (χ4n) is 2.06. The third kappa shape index (κ3) is 1.75. The van der Waals surface area contributed by atoms with Gasteiger partial charge in [0.15, 0.2) is 0 Å². The van der Waals surface area contributed by atoms with E-state index in [9.17, 15) is 4.79 Å². The van der Waals surface area contributed by atoms with Crippen LogP contribution in [0.3, 0.4) is 0 Å². The van der Waals surface area contributed by atoms with Crippen molar-refractivity contribution in [1.82, 2.24) is 9.97 Å². The Kier molecular flexibility index (Phi) is 2.29. The lowest BCUT2D eigenvalue weighted by Gasteiger charge is -2.09. The Hall–Kier alpha value is -2.30. The van der Waals surface area contributed by atoms with Crippen LogP contribution in [-0.2, 0) is 4.79 Å². The van der Waals surface area contributed by atoms with Gasteiger partial charge in [-0.1, -0.05) is 18.2 Å². The number of amides is 1. The number of para-hydroxylation sites is 1. The molecule has 17 heavy (non-hydrogen) atoms. The molecule has 1 aliphatic rings. The van der Waals surface area contributed by atoms with Crippen molar-refractivity contribution < 1.29 is 4.79 Å². The molecule has 0 fully saturated rings. The number of nitrogens with one attached hydrogen (secondary N) is 3. The molecule has 1 amide bonds. The first-order chi connectivity index (χ1) is 8.34. The number of benzene rings is 1. The molecular weight excluding hydrogens is 216 g/mol. The third-order valence-corrected chi connectivity index (χ3v) is 2.89. The van der Waals surface area contributed by atoms with E-state index in [2.05, 4.69) is 20.6 Å². The maximum atomic E-state index is 12.1. The number of aromatic nitrogens is 2. The molecule has 0 saturated carbocycles. The van der Waals surface area contributed by atoms with E-state index in [4.69, 9.17) is 0 Å². The number of carbonyl (C=O) groups excluding carboxylic acids is 1. The molecule has 5 heteroatoms. The van der Waals surface area contributed by atoms with Crippen LogP contribution in [0.1, 0.15) is 11.5 Å². The minimum Gasteiger partial charge on any atom is -0.384 e. The topological polar surface area (TPSA) is 69.8 Å². The first-order valence-electron chi connectivity index (χ1n) is 5.47. The van der Waals surface area contributed by atoms with Crippen molar-refractivity contribution in [1.29, 1.82) is 0 Å². The van der Waals surface area contributed by atoms with Crippen LogP contribution in [0.15, 0.2) is 36.7 Å². The van der Waals surface area contributed by atoms with Gasteiger partial charge in [-0.3, -0.25) is 10.1 Å². The standard InChI is InChI=1S/C12H12N4O/c17-11(16-12-13-5-6-14-12)9-7-15-10-4-2-1-3-8(9)10/h1-6,9,15H,7H2,(H2,13,14,16,17). The molecule has 2 heterocycles. The predicted molar refractivity (Wildman–Crippen MR) is 64.9 cm³/mol. The van der Waals surface area contributed by atoms with Crippen molar-refractivity contribution in [2.45, 2.75) is 5.92 Å². The minimum absolute atomic E-state index is 0.0441. The Labute approximate surface area is 98.3 Å². The Balaban J connectivity index is 1.80. The summed E-state index contributed by atoms with van der Waals surface area (Å²) in [5, 5.41) is 5.98. The fourth-order valence-corrected chi connectivity index (χ4v) is 2.06. The summed E-state index contributed by atoms with van der Waals surface area (Å²) in [5.41, 5.74) is 2.07. The summed E-state index contributed by atoms with van der Waals surface area (Å²) in [7, 11) is 0. The summed E-state index contributed by atoms with van der Waals surface area (Å²) in [6.45, 7) is 0.631. The number of anilines is 2. The molecule has 5 nitrogen and oxygen atoms in total. The number of hydrogen-bond donors (Lipinski definition) is 3. The Morgan fingerprint density at radius 3 is 3.12 bits per heavy atom.